The van der Waals surface area contributed by atoms with E-state index in [4.69, 9.17) is 9.05 Å². The van der Waals surface area contributed by atoms with Gasteiger partial charge in [-0.2, -0.15) is 0 Å². The normalized spacial score (nSPS) is 14.8. The van der Waals surface area contributed by atoms with Gasteiger partial charge >= 0.3 is 7.82 Å². The second kappa shape index (κ2) is 15.1. The van der Waals surface area contributed by atoms with Gasteiger partial charge in [0.1, 0.15) is 17.2 Å². The summed E-state index contributed by atoms with van der Waals surface area (Å²) in [7, 11) is -4.48. The molecule has 10 heteroatoms. The number of nitrogens with zero attached hydrogens (tertiary/aromatic N) is 1. The third kappa shape index (κ3) is 9.24. The number of phenolic OH excluding ortho intramolecular Hbond substituents is 2. The lowest BCUT2D eigenvalue weighted by Gasteiger charge is -2.22. The SMILES string of the molecule is CCCCOP(=O)(O)Oc1cccc2c1Nc1c(O)cc(O)cc1N(C/C=C(\C)CC/C=C(\C)CCC=C(C)C)C2=O. The number of aromatic hydroxyl groups is 2. The predicted molar refractivity (Wildman–Crippen MR) is 168 cm³/mol. The van der Waals surface area contributed by atoms with Crippen molar-refractivity contribution in [2.75, 3.05) is 23.4 Å². The summed E-state index contributed by atoms with van der Waals surface area (Å²) in [6, 6.07) is 7.09. The molecule has 1 heterocycles. The Balaban J connectivity index is 1.87. The molecule has 0 fully saturated rings. The number of unbranched alkanes of at least 4 members (excludes halogenated alkanes) is 1. The van der Waals surface area contributed by atoms with Crippen molar-refractivity contribution in [2.45, 2.75) is 73.1 Å². The molecule has 2 aromatic rings. The molecule has 3 rings (SSSR count). The zero-order valence-electron chi connectivity index (χ0n) is 25.1. The Bertz CT molecular complexity index is 1410. The minimum absolute atomic E-state index is 0.0410. The molecular weight excluding hydrogens is 555 g/mol. The summed E-state index contributed by atoms with van der Waals surface area (Å²) in [6.07, 6.45) is 11.5. The average molecular weight is 599 g/mol. The molecule has 1 atom stereocenters. The fourth-order valence-electron chi connectivity index (χ4n) is 4.47. The molecule has 0 aromatic heterocycles. The van der Waals surface area contributed by atoms with E-state index >= 15 is 0 Å². The second-order valence-electron chi connectivity index (χ2n) is 10.8. The number of fused-ring (bicyclic) bond motifs is 2. The fraction of sp³-hybridized carbons (Fsp3) is 0.406. The summed E-state index contributed by atoms with van der Waals surface area (Å²) in [5.74, 6) is -1.04. The monoisotopic (exact) mass is 598 g/mol. The van der Waals surface area contributed by atoms with Gasteiger partial charge in [-0.15, -0.1) is 0 Å². The molecule has 4 N–H and O–H groups in total. The van der Waals surface area contributed by atoms with Crippen LogP contribution in [-0.4, -0.2) is 34.2 Å². The molecule has 2 aromatic carbocycles. The van der Waals surface area contributed by atoms with E-state index in [1.165, 1.54) is 28.2 Å². The van der Waals surface area contributed by atoms with Crippen LogP contribution in [0.1, 0.15) is 83.5 Å². The highest BCUT2D eigenvalue weighted by Crippen LogP contribution is 2.50. The molecule has 1 amide bonds. The van der Waals surface area contributed by atoms with Crippen LogP contribution >= 0.6 is 7.82 Å². The van der Waals surface area contributed by atoms with E-state index < -0.39 is 13.7 Å². The zero-order valence-corrected chi connectivity index (χ0v) is 26.0. The molecule has 228 valence electrons. The summed E-state index contributed by atoms with van der Waals surface area (Å²) >= 11 is 0. The average Bonchev–Trinajstić information content (AvgIpc) is 3.02. The number of rotatable bonds is 14. The number of carbonyl (C=O) groups excluding carboxylic acids is 1. The maximum atomic E-state index is 13.9. The maximum absolute atomic E-state index is 13.9. The summed E-state index contributed by atoms with van der Waals surface area (Å²) in [6.45, 7) is 10.5. The Kier molecular flexibility index (Phi) is 11.9. The first kappa shape index (κ1) is 33.0. The molecule has 0 spiro atoms. The van der Waals surface area contributed by atoms with Crippen molar-refractivity contribution in [3.8, 4) is 17.2 Å². The van der Waals surface area contributed by atoms with Crippen molar-refractivity contribution in [3.63, 3.8) is 0 Å². The quantitative estimate of drug-likeness (QED) is 0.0560. The number of para-hydroxylation sites is 1. The molecule has 42 heavy (non-hydrogen) atoms. The molecular formula is C32H43N2O7P. The van der Waals surface area contributed by atoms with Crippen LogP contribution in [0, 0.1) is 0 Å². The van der Waals surface area contributed by atoms with Gasteiger partial charge in [0.15, 0.2) is 5.75 Å². The van der Waals surface area contributed by atoms with E-state index in [1.807, 2.05) is 19.9 Å². The Morgan fingerprint density at radius 3 is 2.38 bits per heavy atom. The topological polar surface area (TPSA) is 129 Å². The van der Waals surface area contributed by atoms with Gasteiger partial charge in [0.25, 0.3) is 5.91 Å². The van der Waals surface area contributed by atoms with Gasteiger partial charge in [-0.25, -0.2) is 4.57 Å². The minimum Gasteiger partial charge on any atom is -0.508 e. The predicted octanol–water partition coefficient (Wildman–Crippen LogP) is 8.52. The van der Waals surface area contributed by atoms with E-state index in [0.717, 1.165) is 43.7 Å². The van der Waals surface area contributed by atoms with Crippen LogP contribution < -0.4 is 14.7 Å². The van der Waals surface area contributed by atoms with Crippen LogP contribution in [0.4, 0.5) is 17.1 Å². The molecule has 0 aliphatic carbocycles. The minimum atomic E-state index is -4.48. The molecule has 1 aliphatic rings. The van der Waals surface area contributed by atoms with Crippen LogP contribution in [0.25, 0.3) is 0 Å². The lowest BCUT2D eigenvalue weighted by atomic mass is 10.1. The van der Waals surface area contributed by atoms with Crippen molar-refractivity contribution in [1.29, 1.82) is 0 Å². The number of phosphoric acid groups is 1. The van der Waals surface area contributed by atoms with Crippen LogP contribution in [0.5, 0.6) is 17.2 Å². The van der Waals surface area contributed by atoms with Crippen molar-refractivity contribution in [2.24, 2.45) is 0 Å². The summed E-state index contributed by atoms with van der Waals surface area (Å²) in [4.78, 5) is 25.6. The van der Waals surface area contributed by atoms with Gasteiger partial charge in [-0.3, -0.25) is 14.2 Å². The number of anilines is 3. The van der Waals surface area contributed by atoms with Gasteiger partial charge in [0.05, 0.1) is 23.5 Å². The Morgan fingerprint density at radius 1 is 1.00 bits per heavy atom. The molecule has 9 nitrogen and oxygen atoms in total. The van der Waals surface area contributed by atoms with Crippen molar-refractivity contribution < 1.29 is 33.5 Å². The Labute approximate surface area is 248 Å². The maximum Gasteiger partial charge on any atom is 0.527 e. The second-order valence-corrected chi connectivity index (χ2v) is 12.2. The summed E-state index contributed by atoms with van der Waals surface area (Å²) in [5, 5.41) is 24.0. The van der Waals surface area contributed by atoms with Crippen LogP contribution in [0.2, 0.25) is 0 Å². The number of hydrogen-bond acceptors (Lipinski definition) is 7. The number of phosphoric ester groups is 1. The van der Waals surface area contributed by atoms with Crippen LogP contribution in [0.15, 0.2) is 65.3 Å². The highest BCUT2D eigenvalue weighted by Gasteiger charge is 2.32. The summed E-state index contributed by atoms with van der Waals surface area (Å²) in [5.41, 5.74) is 4.42. The molecule has 1 unspecified atom stereocenters. The number of benzene rings is 2. The number of hydrogen-bond donors (Lipinski definition) is 4. The van der Waals surface area contributed by atoms with E-state index in [2.05, 4.69) is 38.2 Å². The third-order valence-corrected chi connectivity index (χ3v) is 7.77. The lowest BCUT2D eigenvalue weighted by Crippen LogP contribution is -2.30. The van der Waals surface area contributed by atoms with E-state index in [1.54, 1.807) is 12.1 Å². The fourth-order valence-corrected chi connectivity index (χ4v) is 5.29. The number of carbonyl (C=O) groups is 1. The first-order chi connectivity index (χ1) is 19.9. The van der Waals surface area contributed by atoms with Gasteiger partial charge in [-0.05, 0) is 71.9 Å². The standard InChI is InChI=1S/C32H43N2O7P/c1-6-7-19-40-42(38,39)41-29-16-10-15-26-30(29)33-31-27(20-25(35)21-28(31)36)34(32(26)37)18-17-24(5)14-9-13-23(4)12-8-11-22(2)3/h10-11,13,15-17,20-21,33,35-36H,6-9,12,14,18-19H2,1-5H3,(H,38,39)/b23-13+,24-17+. The van der Waals surface area contributed by atoms with Crippen molar-refractivity contribution >= 4 is 30.8 Å². The summed E-state index contributed by atoms with van der Waals surface area (Å²) < 4.78 is 23.0. The first-order valence-corrected chi connectivity index (χ1v) is 15.8. The molecule has 0 saturated heterocycles. The molecule has 0 saturated carbocycles. The smallest absolute Gasteiger partial charge is 0.508 e. The van der Waals surface area contributed by atoms with Gasteiger partial charge < -0.3 is 25.0 Å². The Hall–Kier alpha value is -3.52. The molecule has 1 aliphatic heterocycles. The number of phenols is 2. The van der Waals surface area contributed by atoms with Crippen molar-refractivity contribution in [1.82, 2.24) is 0 Å². The molecule has 0 radical (unpaired) electrons. The van der Waals surface area contributed by atoms with E-state index in [9.17, 15) is 24.5 Å². The Morgan fingerprint density at radius 2 is 1.69 bits per heavy atom. The van der Waals surface area contributed by atoms with Gasteiger partial charge in [-0.1, -0.05) is 54.4 Å². The van der Waals surface area contributed by atoms with E-state index in [-0.39, 0.29) is 53.0 Å². The van der Waals surface area contributed by atoms with Crippen LogP contribution in [0.3, 0.4) is 0 Å². The van der Waals surface area contributed by atoms with Gasteiger partial charge in [0, 0.05) is 18.7 Å². The third-order valence-electron chi connectivity index (χ3n) is 6.84. The van der Waals surface area contributed by atoms with Crippen LogP contribution in [-0.2, 0) is 9.09 Å². The zero-order chi connectivity index (χ0) is 30.9. The first-order valence-electron chi connectivity index (χ1n) is 14.3. The lowest BCUT2D eigenvalue weighted by molar-refractivity contribution is 0.0990. The van der Waals surface area contributed by atoms with Crippen molar-refractivity contribution in [3.05, 3.63) is 70.8 Å². The highest BCUT2D eigenvalue weighted by atomic mass is 31.2. The van der Waals surface area contributed by atoms with E-state index in [0.29, 0.717) is 6.42 Å². The largest absolute Gasteiger partial charge is 0.527 e. The molecule has 0 bridgehead atoms. The number of nitrogens with one attached hydrogen (secondary N) is 1. The highest BCUT2D eigenvalue weighted by molar-refractivity contribution is 7.47. The number of allylic oxidation sites excluding steroid dienone is 5. The van der Waals surface area contributed by atoms with Gasteiger partial charge in [0.2, 0.25) is 0 Å². The number of amides is 1.